The van der Waals surface area contributed by atoms with E-state index in [0.717, 1.165) is 19.4 Å². The van der Waals surface area contributed by atoms with Crippen molar-refractivity contribution in [3.8, 4) is 0 Å². The van der Waals surface area contributed by atoms with E-state index in [1.54, 1.807) is 0 Å². The van der Waals surface area contributed by atoms with Crippen molar-refractivity contribution in [3.63, 3.8) is 0 Å². The third-order valence-corrected chi connectivity index (χ3v) is 2.68. The molecule has 0 aliphatic heterocycles. The lowest BCUT2D eigenvalue weighted by molar-refractivity contribution is -0.134. The predicted molar refractivity (Wildman–Crippen MR) is 49.8 cm³/mol. The first-order chi connectivity index (χ1) is 5.54. The number of amides is 1. The second kappa shape index (κ2) is 3.46. The highest BCUT2D eigenvalue weighted by atomic mass is 16.2. The summed E-state index contributed by atoms with van der Waals surface area (Å²) in [6, 6.07) is 0. The van der Waals surface area contributed by atoms with Crippen LogP contribution in [0.15, 0.2) is 0 Å². The second-order valence-corrected chi connectivity index (χ2v) is 4.52. The van der Waals surface area contributed by atoms with Gasteiger partial charge >= 0.3 is 0 Å². The van der Waals surface area contributed by atoms with Crippen molar-refractivity contribution in [2.45, 2.75) is 40.0 Å². The van der Waals surface area contributed by atoms with E-state index in [9.17, 15) is 4.79 Å². The highest BCUT2D eigenvalue weighted by molar-refractivity contribution is 5.82. The van der Waals surface area contributed by atoms with Crippen LogP contribution in [0.3, 0.4) is 0 Å². The van der Waals surface area contributed by atoms with Crippen molar-refractivity contribution in [2.75, 3.05) is 6.54 Å². The summed E-state index contributed by atoms with van der Waals surface area (Å²) in [6.07, 6.45) is 3.35. The Labute approximate surface area is 74.7 Å². The minimum Gasteiger partial charge on any atom is -0.355 e. The Hall–Kier alpha value is -0.530. The van der Waals surface area contributed by atoms with E-state index in [-0.39, 0.29) is 11.3 Å². The van der Waals surface area contributed by atoms with Gasteiger partial charge in [-0.2, -0.15) is 0 Å². The first-order valence-corrected chi connectivity index (χ1v) is 4.83. The van der Waals surface area contributed by atoms with Crippen molar-refractivity contribution < 1.29 is 4.79 Å². The summed E-state index contributed by atoms with van der Waals surface area (Å²) < 4.78 is 0. The van der Waals surface area contributed by atoms with E-state index in [4.69, 9.17) is 0 Å². The molecule has 0 spiro atoms. The van der Waals surface area contributed by atoms with Gasteiger partial charge in [0.25, 0.3) is 0 Å². The number of hydrogen-bond donors (Lipinski definition) is 1. The zero-order valence-electron chi connectivity index (χ0n) is 8.31. The number of hydrogen-bond acceptors (Lipinski definition) is 1. The van der Waals surface area contributed by atoms with Crippen molar-refractivity contribution in [1.29, 1.82) is 0 Å². The van der Waals surface area contributed by atoms with Gasteiger partial charge < -0.3 is 5.32 Å². The lowest BCUT2D eigenvalue weighted by Gasteiger charge is -2.36. The summed E-state index contributed by atoms with van der Waals surface area (Å²) in [6.45, 7) is 7.10. The molecule has 1 N–H and O–H groups in total. The Bertz CT molecular complexity index is 171. The van der Waals surface area contributed by atoms with Crippen LogP contribution >= 0.6 is 0 Å². The van der Waals surface area contributed by atoms with Crippen LogP contribution in [0.4, 0.5) is 0 Å². The molecule has 0 aromatic carbocycles. The SMILES string of the molecule is CC(C)CNC(=O)C1(C)CCC1. The standard InChI is InChI=1S/C10H19NO/c1-8(2)7-11-9(12)10(3)5-4-6-10/h8H,4-7H2,1-3H3,(H,11,12). The number of rotatable bonds is 3. The largest absolute Gasteiger partial charge is 0.355 e. The Morgan fingerprint density at radius 1 is 1.50 bits per heavy atom. The van der Waals surface area contributed by atoms with Crippen LogP contribution in [-0.4, -0.2) is 12.5 Å². The number of carbonyl (C=O) groups excluding carboxylic acids is 1. The van der Waals surface area contributed by atoms with E-state index in [0.29, 0.717) is 5.92 Å². The van der Waals surface area contributed by atoms with Gasteiger partial charge in [0.2, 0.25) is 5.91 Å². The molecule has 2 nitrogen and oxygen atoms in total. The smallest absolute Gasteiger partial charge is 0.225 e. The summed E-state index contributed by atoms with van der Waals surface area (Å²) >= 11 is 0. The van der Waals surface area contributed by atoms with Crippen LogP contribution in [0.1, 0.15) is 40.0 Å². The summed E-state index contributed by atoms with van der Waals surface area (Å²) in [5.41, 5.74) is -0.0328. The second-order valence-electron chi connectivity index (χ2n) is 4.52. The summed E-state index contributed by atoms with van der Waals surface area (Å²) in [7, 11) is 0. The Balaban J connectivity index is 2.28. The maximum absolute atomic E-state index is 11.5. The van der Waals surface area contributed by atoms with Crippen LogP contribution in [0.25, 0.3) is 0 Å². The molecule has 70 valence electrons. The summed E-state index contributed by atoms with van der Waals surface area (Å²) in [4.78, 5) is 11.5. The van der Waals surface area contributed by atoms with Crippen molar-refractivity contribution in [2.24, 2.45) is 11.3 Å². The summed E-state index contributed by atoms with van der Waals surface area (Å²) in [5.74, 6) is 0.806. The van der Waals surface area contributed by atoms with Crippen LogP contribution in [0, 0.1) is 11.3 Å². The van der Waals surface area contributed by atoms with Gasteiger partial charge in [-0.05, 0) is 18.8 Å². The van der Waals surface area contributed by atoms with Crippen molar-refractivity contribution >= 4 is 5.91 Å². The molecule has 0 radical (unpaired) electrons. The van der Waals surface area contributed by atoms with Crippen LogP contribution < -0.4 is 5.32 Å². The molecule has 2 heteroatoms. The molecule has 1 rings (SSSR count). The maximum Gasteiger partial charge on any atom is 0.225 e. The van der Waals surface area contributed by atoms with Crippen molar-refractivity contribution in [3.05, 3.63) is 0 Å². The van der Waals surface area contributed by atoms with E-state index >= 15 is 0 Å². The number of carbonyl (C=O) groups is 1. The van der Waals surface area contributed by atoms with Gasteiger partial charge in [0.15, 0.2) is 0 Å². The van der Waals surface area contributed by atoms with Gasteiger partial charge in [0, 0.05) is 12.0 Å². The predicted octanol–water partition coefficient (Wildman–Crippen LogP) is 1.95. The fourth-order valence-electron chi connectivity index (χ4n) is 1.44. The zero-order chi connectivity index (χ0) is 9.19. The summed E-state index contributed by atoms with van der Waals surface area (Å²) in [5, 5.41) is 2.99. The maximum atomic E-state index is 11.5. The Morgan fingerprint density at radius 3 is 2.42 bits per heavy atom. The quantitative estimate of drug-likeness (QED) is 0.687. The van der Waals surface area contributed by atoms with Crippen LogP contribution in [-0.2, 0) is 4.79 Å². The highest BCUT2D eigenvalue weighted by Crippen LogP contribution is 2.40. The molecule has 0 atom stereocenters. The monoisotopic (exact) mass is 169 g/mol. The molecule has 1 fully saturated rings. The lowest BCUT2D eigenvalue weighted by Crippen LogP contribution is -2.44. The molecule has 1 saturated carbocycles. The molecular formula is C10H19NO. The van der Waals surface area contributed by atoms with Gasteiger partial charge in [-0.25, -0.2) is 0 Å². The molecule has 1 aliphatic carbocycles. The molecule has 0 saturated heterocycles. The van der Waals surface area contributed by atoms with E-state index in [1.165, 1.54) is 6.42 Å². The molecule has 0 unspecified atom stereocenters. The average molecular weight is 169 g/mol. The topological polar surface area (TPSA) is 29.1 Å². The molecular weight excluding hydrogens is 150 g/mol. The van der Waals surface area contributed by atoms with E-state index in [1.807, 2.05) is 0 Å². The average Bonchev–Trinajstić information content (AvgIpc) is 1.95. The molecule has 0 bridgehead atoms. The van der Waals surface area contributed by atoms with E-state index in [2.05, 4.69) is 26.1 Å². The number of nitrogens with one attached hydrogen (secondary N) is 1. The van der Waals surface area contributed by atoms with Crippen LogP contribution in [0.2, 0.25) is 0 Å². The lowest BCUT2D eigenvalue weighted by atomic mass is 9.70. The van der Waals surface area contributed by atoms with Gasteiger partial charge in [-0.15, -0.1) is 0 Å². The molecule has 0 aromatic rings. The Morgan fingerprint density at radius 2 is 2.08 bits per heavy atom. The van der Waals surface area contributed by atoms with Crippen molar-refractivity contribution in [1.82, 2.24) is 5.32 Å². The third-order valence-electron chi connectivity index (χ3n) is 2.68. The van der Waals surface area contributed by atoms with Crippen LogP contribution in [0.5, 0.6) is 0 Å². The minimum absolute atomic E-state index is 0.0328. The van der Waals surface area contributed by atoms with Gasteiger partial charge in [-0.1, -0.05) is 27.2 Å². The molecule has 1 amide bonds. The molecule has 12 heavy (non-hydrogen) atoms. The van der Waals surface area contributed by atoms with Gasteiger partial charge in [0.05, 0.1) is 0 Å². The highest BCUT2D eigenvalue weighted by Gasteiger charge is 2.38. The van der Waals surface area contributed by atoms with Gasteiger partial charge in [-0.3, -0.25) is 4.79 Å². The van der Waals surface area contributed by atoms with Gasteiger partial charge in [0.1, 0.15) is 0 Å². The molecule has 0 heterocycles. The first kappa shape index (κ1) is 9.56. The molecule has 1 aliphatic rings. The minimum atomic E-state index is -0.0328. The fraction of sp³-hybridized carbons (Fsp3) is 0.900. The first-order valence-electron chi connectivity index (χ1n) is 4.83. The van der Waals surface area contributed by atoms with E-state index < -0.39 is 0 Å². The zero-order valence-corrected chi connectivity index (χ0v) is 8.31. The Kier molecular flexibility index (Phi) is 2.76. The third kappa shape index (κ3) is 1.99. The fourth-order valence-corrected chi connectivity index (χ4v) is 1.44. The molecule has 0 aromatic heterocycles. The normalized spacial score (nSPS) is 20.3.